The summed E-state index contributed by atoms with van der Waals surface area (Å²) < 4.78 is 5.26. The molecule has 0 bridgehead atoms. The Morgan fingerprint density at radius 3 is 2.54 bits per heavy atom. The Balaban J connectivity index is 0.00000338. The zero-order chi connectivity index (χ0) is 18.0. The topological polar surface area (TPSA) is 65.9 Å². The smallest absolute Gasteiger partial charge is 0.191 e. The minimum atomic E-state index is 0. The molecular weight excluding hydrogens is 441 g/mol. The molecule has 0 aliphatic heterocycles. The summed E-state index contributed by atoms with van der Waals surface area (Å²) in [5.41, 5.74) is 1.46. The second-order valence-electron chi connectivity index (χ2n) is 6.96. The molecule has 1 saturated carbocycles. The molecule has 0 aromatic heterocycles. The number of nitrogens with one attached hydrogen (secondary N) is 2. The Morgan fingerprint density at radius 1 is 1.27 bits per heavy atom. The summed E-state index contributed by atoms with van der Waals surface area (Å²) in [5, 5.41) is 16.4. The van der Waals surface area contributed by atoms with Crippen LogP contribution in [-0.4, -0.2) is 51.0 Å². The van der Waals surface area contributed by atoms with E-state index >= 15 is 0 Å². The lowest BCUT2D eigenvalue weighted by Gasteiger charge is -2.40. The molecule has 3 N–H and O–H groups in total. The van der Waals surface area contributed by atoms with Crippen molar-refractivity contribution < 1.29 is 9.84 Å². The molecule has 0 spiro atoms. The van der Waals surface area contributed by atoms with Gasteiger partial charge >= 0.3 is 0 Å². The maximum atomic E-state index is 9.71. The summed E-state index contributed by atoms with van der Waals surface area (Å²) >= 11 is 0. The van der Waals surface area contributed by atoms with Crippen LogP contribution in [0.15, 0.2) is 35.3 Å². The van der Waals surface area contributed by atoms with E-state index in [1.165, 1.54) is 19.3 Å². The third-order valence-corrected chi connectivity index (χ3v) is 5.17. The Hall–Kier alpha value is -0.860. The molecule has 0 amide bonds. The van der Waals surface area contributed by atoms with Crippen LogP contribution < -0.4 is 10.6 Å². The van der Waals surface area contributed by atoms with Crippen molar-refractivity contribution in [1.29, 1.82) is 0 Å². The average Bonchev–Trinajstić information content (AvgIpc) is 2.61. The number of rotatable bonds is 10. The van der Waals surface area contributed by atoms with Crippen LogP contribution in [0.3, 0.4) is 0 Å². The van der Waals surface area contributed by atoms with Crippen LogP contribution in [0.4, 0.5) is 0 Å². The van der Waals surface area contributed by atoms with Gasteiger partial charge in [-0.15, -0.1) is 24.0 Å². The van der Waals surface area contributed by atoms with Gasteiger partial charge < -0.3 is 20.5 Å². The molecule has 5 nitrogen and oxygen atoms in total. The lowest BCUT2D eigenvalue weighted by Crippen LogP contribution is -2.42. The number of nitrogens with zero attached hydrogens (tertiary/aromatic N) is 1. The van der Waals surface area contributed by atoms with Crippen molar-refractivity contribution in [3.05, 3.63) is 35.9 Å². The van der Waals surface area contributed by atoms with Crippen molar-refractivity contribution >= 4 is 29.9 Å². The molecule has 1 unspecified atom stereocenters. The molecule has 0 radical (unpaired) electrons. The van der Waals surface area contributed by atoms with Crippen LogP contribution in [-0.2, 0) is 4.74 Å². The minimum Gasteiger partial charge on any atom is -0.396 e. The first-order valence-corrected chi connectivity index (χ1v) is 9.40. The highest BCUT2D eigenvalue weighted by Crippen LogP contribution is 2.44. The monoisotopic (exact) mass is 475 g/mol. The Labute approximate surface area is 175 Å². The van der Waals surface area contributed by atoms with Gasteiger partial charge in [0.15, 0.2) is 5.96 Å². The highest BCUT2D eigenvalue weighted by Gasteiger charge is 2.36. The van der Waals surface area contributed by atoms with Crippen LogP contribution in [0.25, 0.3) is 0 Å². The third-order valence-electron chi connectivity index (χ3n) is 5.17. The van der Waals surface area contributed by atoms with Gasteiger partial charge in [0.1, 0.15) is 0 Å². The number of ether oxygens (including phenoxy) is 1. The predicted octanol–water partition coefficient (Wildman–Crippen LogP) is 3.14. The van der Waals surface area contributed by atoms with Crippen molar-refractivity contribution in [2.45, 2.75) is 38.5 Å². The number of halogens is 1. The van der Waals surface area contributed by atoms with Gasteiger partial charge in [-0.25, -0.2) is 0 Å². The Kier molecular flexibility index (Phi) is 11.2. The van der Waals surface area contributed by atoms with Crippen LogP contribution in [0.1, 0.15) is 44.1 Å². The highest BCUT2D eigenvalue weighted by molar-refractivity contribution is 14.0. The molecule has 2 rings (SSSR count). The first kappa shape index (κ1) is 23.2. The summed E-state index contributed by atoms with van der Waals surface area (Å²) in [6.07, 6.45) is 4.85. The van der Waals surface area contributed by atoms with E-state index < -0.39 is 0 Å². The summed E-state index contributed by atoms with van der Waals surface area (Å²) in [4.78, 5) is 4.82. The SMILES string of the molecule is CCNC(=NCC1(CCOC)CCC1)NCC(CO)c1ccccc1.I. The van der Waals surface area contributed by atoms with E-state index in [0.29, 0.717) is 12.0 Å². The van der Waals surface area contributed by atoms with Crippen LogP contribution in [0.5, 0.6) is 0 Å². The van der Waals surface area contributed by atoms with E-state index in [4.69, 9.17) is 9.73 Å². The molecule has 1 aliphatic rings. The number of hydrogen-bond acceptors (Lipinski definition) is 3. The maximum absolute atomic E-state index is 9.71. The summed E-state index contributed by atoms with van der Waals surface area (Å²) in [7, 11) is 1.76. The quantitative estimate of drug-likeness (QED) is 0.277. The van der Waals surface area contributed by atoms with Gasteiger partial charge in [-0.3, -0.25) is 4.99 Å². The van der Waals surface area contributed by atoms with Gasteiger partial charge in [0.25, 0.3) is 0 Å². The number of guanidine groups is 1. The molecule has 26 heavy (non-hydrogen) atoms. The maximum Gasteiger partial charge on any atom is 0.191 e. The van der Waals surface area contributed by atoms with Crippen LogP contribution in [0.2, 0.25) is 0 Å². The van der Waals surface area contributed by atoms with Gasteiger partial charge in [0.2, 0.25) is 0 Å². The van der Waals surface area contributed by atoms with Gasteiger partial charge in [0, 0.05) is 39.3 Å². The molecular formula is C20H34IN3O2. The van der Waals surface area contributed by atoms with Crippen molar-refractivity contribution in [1.82, 2.24) is 10.6 Å². The molecule has 1 fully saturated rings. The van der Waals surface area contributed by atoms with Gasteiger partial charge in [-0.1, -0.05) is 36.8 Å². The second kappa shape index (κ2) is 12.5. The zero-order valence-electron chi connectivity index (χ0n) is 16.0. The van der Waals surface area contributed by atoms with Gasteiger partial charge in [-0.2, -0.15) is 0 Å². The summed E-state index contributed by atoms with van der Waals surface area (Å²) in [6, 6.07) is 10.1. The van der Waals surface area contributed by atoms with Crippen molar-refractivity contribution in [3.63, 3.8) is 0 Å². The standard InChI is InChI=1S/C20H33N3O2.HI/c1-3-21-19(23-16-20(10-7-11-20)12-13-25-2)22-14-18(15-24)17-8-5-4-6-9-17;/h4-6,8-9,18,24H,3,7,10-16H2,1-2H3,(H2,21,22,23);1H. The number of benzene rings is 1. The summed E-state index contributed by atoms with van der Waals surface area (Å²) in [6.45, 7) is 5.32. The Morgan fingerprint density at radius 2 is 2.00 bits per heavy atom. The Bertz CT molecular complexity index is 521. The van der Waals surface area contributed by atoms with Crippen LogP contribution >= 0.6 is 24.0 Å². The van der Waals surface area contributed by atoms with E-state index in [-0.39, 0.29) is 36.5 Å². The van der Waals surface area contributed by atoms with E-state index in [0.717, 1.165) is 37.6 Å². The fourth-order valence-electron chi connectivity index (χ4n) is 3.30. The van der Waals surface area contributed by atoms with E-state index in [1.54, 1.807) is 7.11 Å². The van der Waals surface area contributed by atoms with Crippen molar-refractivity contribution in [2.75, 3.05) is 40.0 Å². The third kappa shape index (κ3) is 7.04. The largest absolute Gasteiger partial charge is 0.396 e. The molecule has 1 aliphatic carbocycles. The average molecular weight is 475 g/mol. The van der Waals surface area contributed by atoms with Crippen LogP contribution in [0, 0.1) is 5.41 Å². The van der Waals surface area contributed by atoms with E-state index in [2.05, 4.69) is 29.7 Å². The molecule has 1 atom stereocenters. The summed E-state index contributed by atoms with van der Waals surface area (Å²) in [5.74, 6) is 0.900. The molecule has 1 aromatic carbocycles. The van der Waals surface area contributed by atoms with Crippen molar-refractivity contribution in [2.24, 2.45) is 10.4 Å². The molecule has 6 heteroatoms. The van der Waals surface area contributed by atoms with Gasteiger partial charge in [-0.05, 0) is 37.2 Å². The lowest BCUT2D eigenvalue weighted by molar-refractivity contribution is 0.0778. The molecule has 148 valence electrons. The molecule has 0 heterocycles. The number of methoxy groups -OCH3 is 1. The highest BCUT2D eigenvalue weighted by atomic mass is 127. The normalized spacial score (nSPS) is 17.0. The fourth-order valence-corrected chi connectivity index (χ4v) is 3.30. The number of hydrogen-bond donors (Lipinski definition) is 3. The number of aliphatic hydroxyl groups excluding tert-OH is 1. The van der Waals surface area contributed by atoms with Gasteiger partial charge in [0.05, 0.1) is 6.61 Å². The fraction of sp³-hybridized carbons (Fsp3) is 0.650. The van der Waals surface area contributed by atoms with Crippen molar-refractivity contribution in [3.8, 4) is 0 Å². The molecule has 1 aromatic rings. The first-order chi connectivity index (χ1) is 12.2. The minimum absolute atomic E-state index is 0. The zero-order valence-corrected chi connectivity index (χ0v) is 18.4. The number of aliphatic imine (C=N–C) groups is 1. The first-order valence-electron chi connectivity index (χ1n) is 9.40. The molecule has 0 saturated heterocycles. The predicted molar refractivity (Wildman–Crippen MR) is 118 cm³/mol. The lowest BCUT2D eigenvalue weighted by atomic mass is 9.67. The van der Waals surface area contributed by atoms with E-state index in [1.807, 2.05) is 18.2 Å². The number of aliphatic hydroxyl groups is 1. The van der Waals surface area contributed by atoms with E-state index in [9.17, 15) is 5.11 Å². The second-order valence-corrected chi connectivity index (χ2v) is 6.96.